The highest BCUT2D eigenvalue weighted by Gasteiger charge is 2.64. The van der Waals surface area contributed by atoms with Crippen molar-refractivity contribution in [2.75, 3.05) is 6.54 Å². The summed E-state index contributed by atoms with van der Waals surface area (Å²) in [5.74, 6) is 0.748. The van der Waals surface area contributed by atoms with Crippen LogP contribution >= 0.6 is 0 Å². The molecule has 0 radical (unpaired) electrons. The molecular formula is C17H31NO. The lowest BCUT2D eigenvalue weighted by Gasteiger charge is -2.49. The summed E-state index contributed by atoms with van der Waals surface area (Å²) in [5, 5.41) is 10.7. The van der Waals surface area contributed by atoms with Crippen molar-refractivity contribution in [1.29, 1.82) is 0 Å². The Bertz CT molecular complexity index is 343. The molecule has 1 heterocycles. The molecule has 2 saturated carbocycles. The van der Waals surface area contributed by atoms with Crippen LogP contribution < -0.4 is 0 Å². The van der Waals surface area contributed by atoms with Crippen LogP contribution in [0.5, 0.6) is 0 Å². The molecule has 5 atom stereocenters. The molecule has 2 aliphatic carbocycles. The molecule has 0 unspecified atom stereocenters. The minimum atomic E-state index is -0.0671. The van der Waals surface area contributed by atoms with Crippen LogP contribution in [0.15, 0.2) is 0 Å². The summed E-state index contributed by atoms with van der Waals surface area (Å²) in [6.45, 7) is 10.7. The molecule has 110 valence electrons. The summed E-state index contributed by atoms with van der Waals surface area (Å²) in [6, 6.07) is 1.39. The highest BCUT2D eigenvalue weighted by molar-refractivity contribution is 5.14. The molecule has 3 aliphatic rings. The molecule has 19 heavy (non-hydrogen) atoms. The molecular weight excluding hydrogens is 234 g/mol. The average molecular weight is 265 g/mol. The predicted octanol–water partition coefficient (Wildman–Crippen LogP) is 3.44. The van der Waals surface area contributed by atoms with Gasteiger partial charge >= 0.3 is 0 Å². The van der Waals surface area contributed by atoms with Crippen molar-refractivity contribution in [3.8, 4) is 0 Å². The van der Waals surface area contributed by atoms with Crippen molar-refractivity contribution in [2.24, 2.45) is 16.7 Å². The Morgan fingerprint density at radius 2 is 1.74 bits per heavy atom. The van der Waals surface area contributed by atoms with Crippen molar-refractivity contribution in [3.05, 3.63) is 0 Å². The van der Waals surface area contributed by atoms with Gasteiger partial charge in [0.1, 0.15) is 0 Å². The number of aliphatic hydroxyl groups is 1. The largest absolute Gasteiger partial charge is 0.392 e. The Morgan fingerprint density at radius 1 is 1.11 bits per heavy atom. The lowest BCUT2D eigenvalue weighted by molar-refractivity contribution is -0.0546. The number of aliphatic hydroxyl groups excluding tert-OH is 1. The van der Waals surface area contributed by atoms with Gasteiger partial charge in [-0.05, 0) is 57.3 Å². The third kappa shape index (κ3) is 1.82. The predicted molar refractivity (Wildman–Crippen MR) is 79.0 cm³/mol. The molecule has 2 heteroatoms. The molecule has 0 aromatic carbocycles. The first-order chi connectivity index (χ1) is 8.88. The number of likely N-dealkylation sites (tertiary alicyclic amines) is 1. The van der Waals surface area contributed by atoms with Crippen LogP contribution in [-0.2, 0) is 0 Å². The van der Waals surface area contributed by atoms with Crippen LogP contribution in [0, 0.1) is 16.7 Å². The van der Waals surface area contributed by atoms with Crippen molar-refractivity contribution < 1.29 is 5.11 Å². The van der Waals surface area contributed by atoms with Crippen LogP contribution in [0.2, 0.25) is 0 Å². The number of fused-ring (bicyclic) bond motifs is 2. The zero-order chi connectivity index (χ0) is 13.8. The fraction of sp³-hybridized carbons (Fsp3) is 1.00. The van der Waals surface area contributed by atoms with Crippen LogP contribution in [-0.4, -0.2) is 34.7 Å². The van der Waals surface area contributed by atoms with E-state index in [2.05, 4.69) is 32.6 Å². The molecule has 3 rings (SSSR count). The van der Waals surface area contributed by atoms with Gasteiger partial charge in [-0.25, -0.2) is 0 Å². The van der Waals surface area contributed by atoms with E-state index in [4.69, 9.17) is 0 Å². The summed E-state index contributed by atoms with van der Waals surface area (Å²) >= 11 is 0. The molecule has 2 nitrogen and oxygen atoms in total. The van der Waals surface area contributed by atoms with Gasteiger partial charge < -0.3 is 5.11 Å². The second kappa shape index (κ2) is 4.46. The summed E-state index contributed by atoms with van der Waals surface area (Å²) in [5.41, 5.74) is 0.487. The van der Waals surface area contributed by atoms with Crippen LogP contribution in [0.3, 0.4) is 0 Å². The van der Waals surface area contributed by atoms with Crippen molar-refractivity contribution in [1.82, 2.24) is 4.90 Å². The lowest BCUT2D eigenvalue weighted by atomic mass is 9.67. The molecule has 1 saturated heterocycles. The minimum absolute atomic E-state index is 0.0671. The first-order valence-electron chi connectivity index (χ1n) is 8.32. The van der Waals surface area contributed by atoms with Crippen LogP contribution in [0.1, 0.15) is 66.2 Å². The van der Waals surface area contributed by atoms with Crippen LogP contribution in [0.4, 0.5) is 0 Å². The fourth-order valence-corrected chi connectivity index (χ4v) is 5.53. The summed E-state index contributed by atoms with van der Waals surface area (Å²) in [7, 11) is 0. The highest BCUT2D eigenvalue weighted by Crippen LogP contribution is 2.66. The van der Waals surface area contributed by atoms with E-state index in [0.29, 0.717) is 17.5 Å². The molecule has 3 fully saturated rings. The van der Waals surface area contributed by atoms with E-state index in [0.717, 1.165) is 18.9 Å². The van der Waals surface area contributed by atoms with E-state index in [1.807, 2.05) is 0 Å². The second-order valence-electron chi connectivity index (χ2n) is 8.17. The topological polar surface area (TPSA) is 23.5 Å². The van der Waals surface area contributed by atoms with Gasteiger partial charge in [0.2, 0.25) is 0 Å². The number of hydrogen-bond donors (Lipinski definition) is 1. The zero-order valence-corrected chi connectivity index (χ0v) is 13.2. The number of nitrogens with zero attached hydrogens (tertiary/aromatic N) is 1. The van der Waals surface area contributed by atoms with E-state index in [9.17, 15) is 5.11 Å². The van der Waals surface area contributed by atoms with E-state index in [1.54, 1.807) is 0 Å². The van der Waals surface area contributed by atoms with Gasteiger partial charge in [-0.3, -0.25) is 4.90 Å². The van der Waals surface area contributed by atoms with Crippen LogP contribution in [0.25, 0.3) is 0 Å². The zero-order valence-electron chi connectivity index (χ0n) is 13.2. The van der Waals surface area contributed by atoms with Gasteiger partial charge in [0, 0.05) is 24.0 Å². The molecule has 0 aromatic heterocycles. The van der Waals surface area contributed by atoms with Gasteiger partial charge in [-0.15, -0.1) is 0 Å². The van der Waals surface area contributed by atoms with E-state index < -0.39 is 0 Å². The lowest BCUT2D eigenvalue weighted by Crippen LogP contribution is -2.54. The number of piperidine rings is 1. The van der Waals surface area contributed by atoms with E-state index >= 15 is 0 Å². The minimum Gasteiger partial charge on any atom is -0.392 e. The SMILES string of the molecule is C[C@@H]1CCC[C@H](C)N1C[C@]12CC[C@H](C[C@H]1O)C2(C)C. The maximum atomic E-state index is 10.7. The quantitative estimate of drug-likeness (QED) is 0.827. The maximum Gasteiger partial charge on any atom is 0.0616 e. The third-order valence-electron chi connectivity index (χ3n) is 7.23. The Morgan fingerprint density at radius 3 is 2.21 bits per heavy atom. The molecule has 1 N–H and O–H groups in total. The van der Waals surface area contributed by atoms with Gasteiger partial charge in [-0.2, -0.15) is 0 Å². The first kappa shape index (κ1) is 13.9. The molecule has 2 bridgehead atoms. The van der Waals surface area contributed by atoms with Crippen molar-refractivity contribution >= 4 is 0 Å². The summed E-state index contributed by atoms with van der Waals surface area (Å²) in [4.78, 5) is 2.71. The second-order valence-corrected chi connectivity index (χ2v) is 8.17. The van der Waals surface area contributed by atoms with E-state index in [-0.39, 0.29) is 11.5 Å². The van der Waals surface area contributed by atoms with Crippen molar-refractivity contribution in [2.45, 2.75) is 84.4 Å². The standard InChI is InChI=1S/C17H31NO/c1-12-6-5-7-13(2)18(12)11-17-9-8-14(10-15(17)19)16(17,3)4/h12-15,19H,5-11H2,1-4H3/t12-,13+,14-,15-,17-/m1/s1. The average Bonchev–Trinajstić information content (AvgIpc) is 2.68. The summed E-state index contributed by atoms with van der Waals surface area (Å²) in [6.07, 6.45) is 7.59. The smallest absolute Gasteiger partial charge is 0.0616 e. The third-order valence-corrected chi connectivity index (χ3v) is 7.23. The Hall–Kier alpha value is -0.0800. The molecule has 1 aliphatic heterocycles. The Balaban J connectivity index is 1.85. The van der Waals surface area contributed by atoms with E-state index in [1.165, 1.54) is 32.1 Å². The summed E-state index contributed by atoms with van der Waals surface area (Å²) < 4.78 is 0. The Kier molecular flexibility index (Phi) is 3.26. The normalized spacial score (nSPS) is 49.7. The van der Waals surface area contributed by atoms with Crippen molar-refractivity contribution in [3.63, 3.8) is 0 Å². The molecule has 0 amide bonds. The highest BCUT2D eigenvalue weighted by atomic mass is 16.3. The molecule has 0 aromatic rings. The molecule has 0 spiro atoms. The number of hydrogen-bond acceptors (Lipinski definition) is 2. The first-order valence-corrected chi connectivity index (χ1v) is 8.32. The van der Waals surface area contributed by atoms with Gasteiger partial charge in [0.15, 0.2) is 0 Å². The maximum absolute atomic E-state index is 10.7. The fourth-order valence-electron chi connectivity index (χ4n) is 5.53. The van der Waals surface area contributed by atoms with Gasteiger partial charge in [0.25, 0.3) is 0 Å². The van der Waals surface area contributed by atoms with Gasteiger partial charge in [0.05, 0.1) is 6.10 Å². The number of rotatable bonds is 2. The monoisotopic (exact) mass is 265 g/mol. The van der Waals surface area contributed by atoms with Gasteiger partial charge in [-0.1, -0.05) is 20.3 Å². The Labute approximate surface area is 118 Å².